The number of nitrogens with zero attached hydrogens (tertiary/aromatic N) is 2. The summed E-state index contributed by atoms with van der Waals surface area (Å²) < 4.78 is 0. The molecule has 235 valence electrons. The zero-order valence-electron chi connectivity index (χ0n) is 27.7. The number of rotatable bonds is 7. The van der Waals surface area contributed by atoms with Gasteiger partial charge >= 0.3 is 0 Å². The first kappa shape index (κ1) is 34.7. The number of benzene rings is 3. The summed E-state index contributed by atoms with van der Waals surface area (Å²) in [5.41, 5.74) is 10.9. The van der Waals surface area contributed by atoms with Gasteiger partial charge in [0.05, 0.1) is 8.07 Å². The third-order valence-electron chi connectivity index (χ3n) is 8.55. The maximum atomic E-state index is 4.69. The van der Waals surface area contributed by atoms with Crippen molar-refractivity contribution in [3.8, 4) is 33.6 Å². The average molecular weight is 787 g/mol. The van der Waals surface area contributed by atoms with Gasteiger partial charge in [-0.2, -0.15) is 0 Å². The molecule has 0 atom stereocenters. The van der Waals surface area contributed by atoms with Crippen molar-refractivity contribution in [3.05, 3.63) is 126 Å². The standard InChI is InChI=1S/C23H22N.C18H24NSi.Ir/c1-17-16-24-23(21-9-3-2-4-10-21)15-22(17)20-13-11-19(12-14-20)18-7-5-6-8-18;1-14(2)11-16-12-17(15-9-7-6-8-10-15)19-13-18(16)20(3,4)5;/h2-4,9,11-16,18H,5-8H2,1H3;6-9,12-14H,11H2,1-5H3;/q2*-1;. The Hall–Kier alpha value is -3.17. The van der Waals surface area contributed by atoms with Crippen molar-refractivity contribution in [2.75, 3.05) is 0 Å². The largest absolute Gasteiger partial charge is 0.305 e. The van der Waals surface area contributed by atoms with E-state index in [1.807, 2.05) is 42.6 Å². The summed E-state index contributed by atoms with van der Waals surface area (Å²) in [4.78, 5) is 9.27. The Kier molecular flexibility index (Phi) is 12.3. The van der Waals surface area contributed by atoms with E-state index in [9.17, 15) is 0 Å². The van der Waals surface area contributed by atoms with Crippen LogP contribution in [0.2, 0.25) is 19.6 Å². The molecule has 3 aromatic carbocycles. The maximum Gasteiger partial charge on any atom is 0.0798 e. The van der Waals surface area contributed by atoms with Gasteiger partial charge in [0.2, 0.25) is 0 Å². The van der Waals surface area contributed by atoms with E-state index in [0.717, 1.165) is 34.9 Å². The van der Waals surface area contributed by atoms with Gasteiger partial charge in [-0.25, -0.2) is 0 Å². The fourth-order valence-corrected chi connectivity index (χ4v) is 7.80. The minimum Gasteiger partial charge on any atom is -0.305 e. The Labute approximate surface area is 286 Å². The van der Waals surface area contributed by atoms with Crippen LogP contribution in [0.1, 0.15) is 62.1 Å². The minimum absolute atomic E-state index is 0. The zero-order valence-corrected chi connectivity index (χ0v) is 31.1. The van der Waals surface area contributed by atoms with E-state index in [1.54, 1.807) is 0 Å². The fraction of sp³-hybridized carbons (Fsp3) is 0.317. The van der Waals surface area contributed by atoms with Gasteiger partial charge in [0.15, 0.2) is 0 Å². The summed E-state index contributed by atoms with van der Waals surface area (Å²) >= 11 is 0. The molecule has 5 aromatic rings. The quantitative estimate of drug-likeness (QED) is 0.121. The zero-order chi connectivity index (χ0) is 31.1. The summed E-state index contributed by atoms with van der Waals surface area (Å²) in [6.45, 7) is 13.9. The third kappa shape index (κ3) is 9.19. The van der Waals surface area contributed by atoms with Gasteiger partial charge in [0.25, 0.3) is 0 Å². The van der Waals surface area contributed by atoms with Gasteiger partial charge in [0, 0.05) is 32.5 Å². The SMILES string of the molecule is CC(C)Cc1cc(-c2[c-]cccc2)ncc1[Si](C)(C)C.Cc1cnc(-c2[c-]cccc2)cc1-c1ccc(C2CCCC2)cc1.[Ir]. The summed E-state index contributed by atoms with van der Waals surface area (Å²) in [5.74, 6) is 1.44. The minimum atomic E-state index is -1.34. The van der Waals surface area contributed by atoms with E-state index in [1.165, 1.54) is 58.7 Å². The summed E-state index contributed by atoms with van der Waals surface area (Å²) in [5, 5.41) is 1.49. The molecule has 2 heterocycles. The van der Waals surface area contributed by atoms with E-state index < -0.39 is 8.07 Å². The second-order valence-corrected chi connectivity index (χ2v) is 18.7. The molecule has 2 nitrogen and oxygen atoms in total. The summed E-state index contributed by atoms with van der Waals surface area (Å²) in [7, 11) is -1.34. The molecule has 6 rings (SSSR count). The van der Waals surface area contributed by atoms with Crippen LogP contribution in [-0.4, -0.2) is 18.0 Å². The molecule has 0 spiro atoms. The Morgan fingerprint density at radius 3 is 1.89 bits per heavy atom. The Morgan fingerprint density at radius 2 is 1.36 bits per heavy atom. The Bertz CT molecular complexity index is 1640. The van der Waals surface area contributed by atoms with Crippen LogP contribution < -0.4 is 5.19 Å². The normalized spacial score (nSPS) is 13.2. The number of aromatic nitrogens is 2. The van der Waals surface area contributed by atoms with Crippen LogP contribution in [0.3, 0.4) is 0 Å². The van der Waals surface area contributed by atoms with Gasteiger partial charge in [-0.15, -0.1) is 71.8 Å². The molecule has 1 fully saturated rings. The summed E-state index contributed by atoms with van der Waals surface area (Å²) in [6.07, 6.45) is 10.7. The number of hydrogen-bond acceptors (Lipinski definition) is 2. The molecule has 0 unspecified atom stereocenters. The first-order valence-corrected chi connectivity index (χ1v) is 19.7. The van der Waals surface area contributed by atoms with Crippen LogP contribution in [0.4, 0.5) is 0 Å². The number of hydrogen-bond donors (Lipinski definition) is 0. The monoisotopic (exact) mass is 787 g/mol. The van der Waals surface area contributed by atoms with Crippen molar-refractivity contribution in [3.63, 3.8) is 0 Å². The second-order valence-electron chi connectivity index (χ2n) is 13.6. The van der Waals surface area contributed by atoms with Crippen molar-refractivity contribution in [1.82, 2.24) is 9.97 Å². The van der Waals surface area contributed by atoms with Gasteiger partial charge in [0.1, 0.15) is 0 Å². The van der Waals surface area contributed by atoms with E-state index in [-0.39, 0.29) is 20.1 Å². The molecule has 45 heavy (non-hydrogen) atoms. The van der Waals surface area contributed by atoms with Gasteiger partial charge in [-0.05, 0) is 76.9 Å². The Morgan fingerprint density at radius 1 is 0.778 bits per heavy atom. The first-order chi connectivity index (χ1) is 21.2. The molecule has 2 aromatic heterocycles. The molecule has 1 radical (unpaired) electrons. The van der Waals surface area contributed by atoms with E-state index in [4.69, 9.17) is 0 Å². The topological polar surface area (TPSA) is 25.8 Å². The van der Waals surface area contributed by atoms with Crippen LogP contribution in [0.25, 0.3) is 33.6 Å². The predicted molar refractivity (Wildman–Crippen MR) is 190 cm³/mol. The van der Waals surface area contributed by atoms with Crippen molar-refractivity contribution in [1.29, 1.82) is 0 Å². The molecular weight excluding hydrogens is 741 g/mol. The molecular formula is C41H46IrN2Si-2. The van der Waals surface area contributed by atoms with E-state index in [2.05, 4.69) is 117 Å². The molecule has 0 amide bonds. The molecule has 0 saturated heterocycles. The van der Waals surface area contributed by atoms with E-state index >= 15 is 0 Å². The van der Waals surface area contributed by atoms with Crippen LogP contribution in [-0.2, 0) is 26.5 Å². The molecule has 0 aliphatic heterocycles. The molecule has 1 saturated carbocycles. The van der Waals surface area contributed by atoms with Crippen molar-refractivity contribution < 1.29 is 20.1 Å². The van der Waals surface area contributed by atoms with Gasteiger partial charge < -0.3 is 9.97 Å². The molecule has 1 aliphatic carbocycles. The third-order valence-corrected chi connectivity index (χ3v) is 10.6. The van der Waals surface area contributed by atoms with Crippen LogP contribution in [0.15, 0.2) is 97.3 Å². The fourth-order valence-electron chi connectivity index (χ4n) is 6.21. The first-order valence-electron chi connectivity index (χ1n) is 16.2. The summed E-state index contributed by atoms with van der Waals surface area (Å²) in [6, 6.07) is 36.3. The smallest absolute Gasteiger partial charge is 0.0798 e. The van der Waals surface area contributed by atoms with Crippen LogP contribution in [0, 0.1) is 25.0 Å². The van der Waals surface area contributed by atoms with Crippen molar-refractivity contribution in [2.45, 2.75) is 78.4 Å². The number of pyridine rings is 2. The van der Waals surface area contributed by atoms with Crippen molar-refractivity contribution >= 4 is 13.3 Å². The predicted octanol–water partition coefficient (Wildman–Crippen LogP) is 10.5. The van der Waals surface area contributed by atoms with Gasteiger partial charge in [-0.3, -0.25) is 0 Å². The Balaban J connectivity index is 0.000000204. The second kappa shape index (κ2) is 15.9. The van der Waals surface area contributed by atoms with Crippen LogP contribution in [0.5, 0.6) is 0 Å². The molecule has 0 N–H and O–H groups in total. The molecule has 1 aliphatic rings. The van der Waals surface area contributed by atoms with Crippen LogP contribution >= 0.6 is 0 Å². The van der Waals surface area contributed by atoms with Gasteiger partial charge in [-0.1, -0.05) is 88.3 Å². The molecule has 4 heteroatoms. The number of aryl methyl sites for hydroxylation is 1. The average Bonchev–Trinajstić information content (AvgIpc) is 3.57. The molecule has 0 bridgehead atoms. The maximum absolute atomic E-state index is 4.69. The van der Waals surface area contributed by atoms with E-state index in [0.29, 0.717) is 5.92 Å². The van der Waals surface area contributed by atoms with Crippen molar-refractivity contribution in [2.24, 2.45) is 5.92 Å².